The van der Waals surface area contributed by atoms with Gasteiger partial charge in [0.2, 0.25) is 0 Å². The quantitative estimate of drug-likeness (QED) is 0.0945. The second kappa shape index (κ2) is 23.5. The summed E-state index contributed by atoms with van der Waals surface area (Å²) in [5, 5.41) is 0. The molecule has 0 atom stereocenters. The molecule has 0 saturated heterocycles. The molecule has 0 fully saturated rings. The Morgan fingerprint density at radius 1 is 0.459 bits per heavy atom. The van der Waals surface area contributed by atoms with Crippen LogP contribution in [0, 0.1) is 0 Å². The van der Waals surface area contributed by atoms with Crippen molar-refractivity contribution in [1.82, 2.24) is 0 Å². The van der Waals surface area contributed by atoms with E-state index < -0.39 is 8.60 Å². The van der Waals surface area contributed by atoms with Gasteiger partial charge in [-0.3, -0.25) is 4.52 Å². The van der Waals surface area contributed by atoms with Crippen molar-refractivity contribution >= 4 is 8.60 Å². The summed E-state index contributed by atoms with van der Waals surface area (Å²) in [5.41, 5.74) is 0. The second-order valence-corrected chi connectivity index (χ2v) is 10.9. The zero-order valence-corrected chi connectivity index (χ0v) is 24.2. The van der Waals surface area contributed by atoms with Crippen LogP contribution in [0.2, 0.25) is 0 Å². The first kappa shape index (κ1) is 31.6. The number of para-hydroxylation sites is 2. The lowest BCUT2D eigenvalue weighted by atomic mass is 10.1. The van der Waals surface area contributed by atoms with Gasteiger partial charge < -0.3 is 13.8 Å². The molecule has 208 valence electrons. The van der Waals surface area contributed by atoms with Gasteiger partial charge in [-0.1, -0.05) is 127 Å². The molecular formula is C32H51O4P. The van der Waals surface area contributed by atoms with Crippen molar-refractivity contribution in [2.45, 2.75) is 110 Å². The van der Waals surface area contributed by atoms with E-state index >= 15 is 0 Å². The Labute approximate surface area is 228 Å². The van der Waals surface area contributed by atoms with Crippen LogP contribution in [0.4, 0.5) is 0 Å². The number of hydrogen-bond acceptors (Lipinski definition) is 4. The Morgan fingerprint density at radius 2 is 0.838 bits per heavy atom. The predicted octanol–water partition coefficient (Wildman–Crippen LogP) is 10.7. The first-order valence-corrected chi connectivity index (χ1v) is 15.9. The van der Waals surface area contributed by atoms with Crippen molar-refractivity contribution in [2.75, 3.05) is 19.8 Å². The molecule has 2 aromatic rings. The van der Waals surface area contributed by atoms with Crippen molar-refractivity contribution in [1.29, 1.82) is 0 Å². The molecule has 0 N–H and O–H groups in total. The molecule has 0 heterocycles. The molecule has 0 bridgehead atoms. The molecule has 0 aliphatic carbocycles. The van der Waals surface area contributed by atoms with E-state index in [2.05, 4.69) is 6.92 Å². The summed E-state index contributed by atoms with van der Waals surface area (Å²) in [5.74, 6) is 1.53. The summed E-state index contributed by atoms with van der Waals surface area (Å²) < 4.78 is 23.7. The Hall–Kier alpha value is -1.61. The topological polar surface area (TPSA) is 36.9 Å². The third kappa shape index (κ3) is 18.3. The van der Waals surface area contributed by atoms with E-state index in [1.807, 2.05) is 60.7 Å². The maximum Gasteiger partial charge on any atom is 0.463 e. The first-order valence-electron chi connectivity index (χ1n) is 14.9. The average Bonchev–Trinajstić information content (AvgIpc) is 2.93. The van der Waals surface area contributed by atoms with Crippen LogP contribution in [0.15, 0.2) is 60.7 Å². The molecule has 0 radical (unpaired) electrons. The fourth-order valence-electron chi connectivity index (χ4n) is 4.15. The van der Waals surface area contributed by atoms with Crippen molar-refractivity contribution < 1.29 is 18.3 Å². The van der Waals surface area contributed by atoms with Crippen LogP contribution in [0.3, 0.4) is 0 Å². The molecule has 0 saturated carbocycles. The lowest BCUT2D eigenvalue weighted by Crippen LogP contribution is -2.01. The molecule has 0 spiro atoms. The standard InChI is InChI=1S/C32H51O4P/c1-2-3-4-5-6-9-12-21-28-33-29-22-13-10-7-8-11-14-23-30-34-37(35-31-24-17-15-18-25-31)36-32-26-19-16-20-27-32/h15-20,24-27H,2-14,21-23,28-30H2,1H3. The molecule has 5 heteroatoms. The maximum atomic E-state index is 5.99. The number of rotatable bonds is 25. The van der Waals surface area contributed by atoms with Gasteiger partial charge in [-0.15, -0.1) is 0 Å². The van der Waals surface area contributed by atoms with Gasteiger partial charge in [-0.05, 0) is 43.5 Å². The molecule has 0 unspecified atom stereocenters. The molecule has 37 heavy (non-hydrogen) atoms. The zero-order chi connectivity index (χ0) is 26.1. The number of ether oxygens (including phenoxy) is 1. The van der Waals surface area contributed by atoms with E-state index in [0.717, 1.165) is 31.1 Å². The maximum absolute atomic E-state index is 5.99. The van der Waals surface area contributed by atoms with Gasteiger partial charge in [0.15, 0.2) is 0 Å². The molecule has 0 amide bonds. The number of unbranched alkanes of at least 4 members (excludes halogenated alkanes) is 14. The second-order valence-electron chi connectivity index (χ2n) is 9.78. The first-order chi connectivity index (χ1) is 18.4. The third-order valence-corrected chi connectivity index (χ3v) is 7.48. The van der Waals surface area contributed by atoms with E-state index in [9.17, 15) is 0 Å². The van der Waals surface area contributed by atoms with Gasteiger partial charge in [0, 0.05) is 13.2 Å². The summed E-state index contributed by atoms with van der Waals surface area (Å²) in [6.45, 7) is 4.82. The van der Waals surface area contributed by atoms with Crippen molar-refractivity contribution in [2.24, 2.45) is 0 Å². The minimum atomic E-state index is -1.47. The number of hydrogen-bond donors (Lipinski definition) is 0. The van der Waals surface area contributed by atoms with Gasteiger partial charge in [-0.25, -0.2) is 0 Å². The van der Waals surface area contributed by atoms with E-state index in [-0.39, 0.29) is 0 Å². The molecule has 2 rings (SSSR count). The summed E-state index contributed by atoms with van der Waals surface area (Å²) >= 11 is 0. The summed E-state index contributed by atoms with van der Waals surface area (Å²) in [6, 6.07) is 19.5. The highest BCUT2D eigenvalue weighted by Gasteiger charge is 2.16. The van der Waals surface area contributed by atoms with Crippen LogP contribution in [0.25, 0.3) is 0 Å². The van der Waals surface area contributed by atoms with E-state index in [0.29, 0.717) is 6.61 Å². The highest BCUT2D eigenvalue weighted by atomic mass is 31.2. The van der Waals surface area contributed by atoms with E-state index in [4.69, 9.17) is 18.3 Å². The monoisotopic (exact) mass is 530 g/mol. The minimum absolute atomic E-state index is 0.654. The Bertz CT molecular complexity index is 687. The van der Waals surface area contributed by atoms with E-state index in [1.54, 1.807) is 0 Å². The van der Waals surface area contributed by atoms with Crippen molar-refractivity contribution in [3.63, 3.8) is 0 Å². The molecule has 0 aliphatic rings. The van der Waals surface area contributed by atoms with Crippen LogP contribution in [0.5, 0.6) is 11.5 Å². The van der Waals surface area contributed by atoms with Gasteiger partial charge in [0.25, 0.3) is 0 Å². The zero-order valence-electron chi connectivity index (χ0n) is 23.3. The largest absolute Gasteiger partial charge is 0.463 e. The number of benzene rings is 2. The fraction of sp³-hybridized carbons (Fsp3) is 0.625. The van der Waals surface area contributed by atoms with E-state index in [1.165, 1.54) is 96.3 Å². The lowest BCUT2D eigenvalue weighted by Gasteiger charge is -2.17. The lowest BCUT2D eigenvalue weighted by molar-refractivity contribution is 0.125. The highest BCUT2D eigenvalue weighted by Crippen LogP contribution is 2.41. The van der Waals surface area contributed by atoms with Crippen LogP contribution in [0.1, 0.15) is 110 Å². The SMILES string of the molecule is CCCCCCCCCCOCCCCCCCCCCOP(Oc1ccccc1)Oc1ccccc1. The average molecular weight is 531 g/mol. The Kier molecular flexibility index (Phi) is 20.1. The molecule has 2 aromatic carbocycles. The van der Waals surface area contributed by atoms with Gasteiger partial charge in [-0.2, -0.15) is 0 Å². The highest BCUT2D eigenvalue weighted by molar-refractivity contribution is 7.42. The normalized spacial score (nSPS) is 11.2. The third-order valence-electron chi connectivity index (χ3n) is 6.37. The summed E-state index contributed by atoms with van der Waals surface area (Å²) in [7, 11) is -1.47. The van der Waals surface area contributed by atoms with Gasteiger partial charge in [0.1, 0.15) is 11.5 Å². The van der Waals surface area contributed by atoms with Crippen LogP contribution < -0.4 is 9.05 Å². The molecule has 0 aromatic heterocycles. The predicted molar refractivity (Wildman–Crippen MR) is 157 cm³/mol. The van der Waals surface area contributed by atoms with Crippen LogP contribution in [-0.2, 0) is 9.26 Å². The molecule has 4 nitrogen and oxygen atoms in total. The molecular weight excluding hydrogens is 479 g/mol. The fourth-order valence-corrected chi connectivity index (χ4v) is 5.16. The van der Waals surface area contributed by atoms with Crippen LogP contribution >= 0.6 is 8.60 Å². The Balaban J connectivity index is 1.38. The van der Waals surface area contributed by atoms with Crippen molar-refractivity contribution in [3.8, 4) is 11.5 Å². The minimum Gasteiger partial charge on any atom is -0.418 e. The van der Waals surface area contributed by atoms with Gasteiger partial charge >= 0.3 is 8.60 Å². The van der Waals surface area contributed by atoms with Crippen LogP contribution in [-0.4, -0.2) is 19.8 Å². The Morgan fingerprint density at radius 3 is 1.27 bits per heavy atom. The summed E-state index contributed by atoms with van der Waals surface area (Å²) in [6.07, 6.45) is 20.8. The molecule has 0 aliphatic heterocycles. The summed E-state index contributed by atoms with van der Waals surface area (Å²) in [4.78, 5) is 0. The smallest absolute Gasteiger partial charge is 0.418 e. The van der Waals surface area contributed by atoms with Crippen molar-refractivity contribution in [3.05, 3.63) is 60.7 Å². The van der Waals surface area contributed by atoms with Gasteiger partial charge in [0.05, 0.1) is 6.61 Å².